The standard InChI is InChI=1S/C15H10N4O2S2.C8H2N2.C4H4/c1-2-5-10-9(4-1)20-8-11(21-10)13-16-17-15-19(13)18-14(23-15)12-6-3-7-22-12;1-2-3-4-5-6-7-8-10-9;1-3-4-2/h1-7,11H,8H2;1H2;1-2H2. The second-order valence-electron chi connectivity index (χ2n) is 6.37. The second-order valence-corrected chi connectivity index (χ2v) is 8.27. The third kappa shape index (κ3) is 7.33. The zero-order valence-corrected chi connectivity index (χ0v) is 20.9. The van der Waals surface area contributed by atoms with Gasteiger partial charge >= 0.3 is 5.87 Å². The van der Waals surface area contributed by atoms with Gasteiger partial charge in [0.05, 0.1) is 10.6 Å². The molecule has 37 heavy (non-hydrogen) atoms. The Bertz CT molecular complexity index is 1710. The van der Waals surface area contributed by atoms with Gasteiger partial charge in [-0.1, -0.05) is 46.7 Å². The van der Waals surface area contributed by atoms with Crippen LogP contribution >= 0.6 is 22.7 Å². The SMILES string of the molecule is C=C=C=C.C=C=C=C=C=C=C=C=[N+]=[N-].c1csc(-c2nn3c(C4COc5ccccc5O4)nnc3s2)c1. The molecule has 1 aromatic carbocycles. The molecular weight excluding hydrogens is 504 g/mol. The first kappa shape index (κ1) is 26.3. The van der Waals surface area contributed by atoms with Crippen LogP contribution in [0.3, 0.4) is 0 Å². The smallest absolute Gasteiger partial charge is 0.363 e. The van der Waals surface area contributed by atoms with Gasteiger partial charge in [0.15, 0.2) is 28.4 Å². The van der Waals surface area contributed by atoms with Crippen LogP contribution in [0.4, 0.5) is 0 Å². The molecule has 3 aromatic heterocycles. The van der Waals surface area contributed by atoms with Crippen molar-refractivity contribution in [2.45, 2.75) is 6.10 Å². The third-order valence-electron chi connectivity index (χ3n) is 4.11. The monoisotopic (exact) mass is 520 g/mol. The second kappa shape index (κ2) is 14.2. The van der Waals surface area contributed by atoms with Crippen LogP contribution < -0.4 is 9.47 Å². The van der Waals surface area contributed by atoms with E-state index < -0.39 is 0 Å². The fraction of sp³-hybridized carbons (Fsp3) is 0.0741. The number of hydrogen-bond donors (Lipinski definition) is 0. The highest BCUT2D eigenvalue weighted by Crippen LogP contribution is 2.36. The summed E-state index contributed by atoms with van der Waals surface area (Å²) < 4.78 is 13.5. The maximum atomic E-state index is 7.79. The molecule has 4 heterocycles. The molecule has 1 unspecified atom stereocenters. The van der Waals surface area contributed by atoms with Crippen LogP contribution in [0.2, 0.25) is 0 Å². The highest BCUT2D eigenvalue weighted by Gasteiger charge is 2.28. The number of hydrogen-bond acceptors (Lipinski definition) is 7. The van der Waals surface area contributed by atoms with Gasteiger partial charge in [0.25, 0.3) is 0 Å². The lowest BCUT2D eigenvalue weighted by atomic mass is 10.2. The molecule has 0 bridgehead atoms. The summed E-state index contributed by atoms with van der Waals surface area (Å²) in [6, 6.07) is 11.7. The van der Waals surface area contributed by atoms with E-state index in [4.69, 9.17) is 15.0 Å². The van der Waals surface area contributed by atoms with Crippen LogP contribution in [-0.2, 0) is 0 Å². The highest BCUT2D eigenvalue weighted by molar-refractivity contribution is 7.23. The molecule has 178 valence electrons. The Morgan fingerprint density at radius 2 is 1.70 bits per heavy atom. The number of fused-ring (bicyclic) bond motifs is 2. The van der Waals surface area contributed by atoms with Crippen molar-refractivity contribution in [2.75, 3.05) is 6.61 Å². The van der Waals surface area contributed by atoms with Crippen molar-refractivity contribution in [3.63, 3.8) is 0 Å². The van der Waals surface area contributed by atoms with Gasteiger partial charge in [-0.25, -0.2) is 0 Å². The summed E-state index contributed by atoms with van der Waals surface area (Å²) in [5.41, 5.74) is 26.4. The first-order chi connectivity index (χ1) is 18.2. The van der Waals surface area contributed by atoms with Crippen LogP contribution in [0.15, 0.2) is 107 Å². The first-order valence-corrected chi connectivity index (χ1v) is 12.0. The Balaban J connectivity index is 0.000000229. The van der Waals surface area contributed by atoms with E-state index in [0.29, 0.717) is 18.2 Å². The summed E-state index contributed by atoms with van der Waals surface area (Å²) in [5, 5.41) is 16.1. The van der Waals surface area contributed by atoms with E-state index in [1.165, 1.54) is 11.3 Å². The van der Waals surface area contributed by atoms with Gasteiger partial charge in [-0.3, -0.25) is 0 Å². The Morgan fingerprint density at radius 3 is 2.41 bits per heavy atom. The van der Waals surface area contributed by atoms with E-state index in [2.05, 4.69) is 85.7 Å². The van der Waals surface area contributed by atoms with Crippen LogP contribution in [-0.4, -0.2) is 37.1 Å². The summed E-state index contributed by atoms with van der Waals surface area (Å²) in [5.74, 6) is 4.11. The van der Waals surface area contributed by atoms with Gasteiger partial charge in [-0.05, 0) is 54.8 Å². The minimum atomic E-state index is -0.321. The maximum absolute atomic E-state index is 7.79. The predicted molar refractivity (Wildman–Crippen MR) is 141 cm³/mol. The largest absolute Gasteiger partial charge is 0.485 e. The fourth-order valence-corrected chi connectivity index (χ4v) is 4.31. The number of ether oxygens (including phenoxy) is 2. The Hall–Kier alpha value is -5.31. The van der Waals surface area contributed by atoms with Crippen molar-refractivity contribution in [3.8, 4) is 21.4 Å². The minimum absolute atomic E-state index is 0.321. The molecule has 0 amide bonds. The summed E-state index contributed by atoms with van der Waals surface area (Å²) in [6.45, 7) is 9.99. The summed E-state index contributed by atoms with van der Waals surface area (Å²) in [4.78, 5) is 4.39. The van der Waals surface area contributed by atoms with Gasteiger partial charge in [0, 0.05) is 11.5 Å². The van der Waals surface area contributed by atoms with Gasteiger partial charge < -0.3 is 15.0 Å². The molecule has 4 aromatic rings. The first-order valence-electron chi connectivity index (χ1n) is 10.3. The molecule has 1 atom stereocenters. The average Bonchev–Trinajstić information content (AvgIpc) is 3.69. The maximum Gasteiger partial charge on any atom is 0.363 e. The number of para-hydroxylation sites is 2. The third-order valence-corrected chi connectivity index (χ3v) is 6.05. The van der Waals surface area contributed by atoms with Crippen LogP contribution in [0.5, 0.6) is 11.5 Å². The molecule has 0 saturated heterocycles. The lowest BCUT2D eigenvalue weighted by molar-refractivity contribution is 0.00819. The van der Waals surface area contributed by atoms with Crippen molar-refractivity contribution in [2.24, 2.45) is 0 Å². The molecule has 8 nitrogen and oxygen atoms in total. The number of nitrogens with zero attached hydrogens (tertiary/aromatic N) is 6. The number of benzene rings is 1. The lowest BCUT2D eigenvalue weighted by Crippen LogP contribution is -2.23. The molecule has 0 N–H and O–H groups in total. The Labute approximate surface area is 220 Å². The molecule has 0 aliphatic carbocycles. The minimum Gasteiger partial charge on any atom is -0.485 e. The van der Waals surface area contributed by atoms with Gasteiger partial charge in [0.2, 0.25) is 4.96 Å². The van der Waals surface area contributed by atoms with E-state index in [0.717, 1.165) is 20.6 Å². The lowest BCUT2D eigenvalue weighted by Gasteiger charge is -2.24. The van der Waals surface area contributed by atoms with Crippen molar-refractivity contribution in [1.82, 2.24) is 19.8 Å². The van der Waals surface area contributed by atoms with E-state index in [9.17, 15) is 0 Å². The molecule has 0 fully saturated rings. The zero-order chi connectivity index (χ0) is 26.3. The van der Waals surface area contributed by atoms with E-state index in [1.807, 2.05) is 47.6 Å². The Morgan fingerprint density at radius 1 is 0.946 bits per heavy atom. The van der Waals surface area contributed by atoms with Crippen molar-refractivity contribution >= 4 is 33.5 Å². The van der Waals surface area contributed by atoms with E-state index in [1.54, 1.807) is 15.9 Å². The van der Waals surface area contributed by atoms with Crippen LogP contribution in [0.1, 0.15) is 11.9 Å². The van der Waals surface area contributed by atoms with Crippen LogP contribution in [0.25, 0.3) is 20.4 Å². The number of thiophene rings is 1. The van der Waals surface area contributed by atoms with Crippen molar-refractivity contribution < 1.29 is 14.3 Å². The molecule has 0 spiro atoms. The Kier molecular flexibility index (Phi) is 10.1. The van der Waals surface area contributed by atoms with Gasteiger partial charge in [-0.15, -0.1) is 26.3 Å². The zero-order valence-electron chi connectivity index (χ0n) is 19.3. The summed E-state index contributed by atoms with van der Waals surface area (Å²) in [7, 11) is 0. The molecule has 1 aliphatic rings. The average molecular weight is 521 g/mol. The predicted octanol–water partition coefficient (Wildman–Crippen LogP) is 5.54. The summed E-state index contributed by atoms with van der Waals surface area (Å²) in [6.07, 6.45) is -0.321. The molecular formula is C27H16N6O2S2. The number of rotatable bonds is 2. The molecule has 5 rings (SSSR count). The molecule has 0 saturated carbocycles. The quantitative estimate of drug-likeness (QED) is 0.150. The topological polar surface area (TPSA) is 97.9 Å². The van der Waals surface area contributed by atoms with Crippen molar-refractivity contribution in [3.05, 3.63) is 119 Å². The fourth-order valence-electron chi connectivity index (χ4n) is 2.67. The normalized spacial score (nSPS) is 11.7. The van der Waals surface area contributed by atoms with Crippen LogP contribution in [0, 0.1) is 0 Å². The molecule has 0 radical (unpaired) electrons. The highest BCUT2D eigenvalue weighted by atomic mass is 32.1. The van der Waals surface area contributed by atoms with E-state index >= 15 is 0 Å². The molecule has 1 aliphatic heterocycles. The van der Waals surface area contributed by atoms with Gasteiger partial charge in [-0.2, -0.15) is 9.61 Å². The molecule has 10 heteroatoms. The van der Waals surface area contributed by atoms with Gasteiger partial charge in [0.1, 0.15) is 6.61 Å². The van der Waals surface area contributed by atoms with Crippen molar-refractivity contribution in [1.29, 1.82) is 0 Å². The number of aromatic nitrogens is 4. The van der Waals surface area contributed by atoms with E-state index in [-0.39, 0.29) is 6.10 Å². The summed E-state index contributed by atoms with van der Waals surface area (Å²) >= 11 is 3.17.